The number of benzene rings is 2. The Morgan fingerprint density at radius 3 is 2.54 bits per heavy atom. The molecule has 0 saturated heterocycles. The molecule has 0 amide bonds. The predicted octanol–water partition coefficient (Wildman–Crippen LogP) is 3.46. The summed E-state index contributed by atoms with van der Waals surface area (Å²) in [6, 6.07) is 17.8. The summed E-state index contributed by atoms with van der Waals surface area (Å²) in [5.41, 5.74) is 3.62. The molecule has 0 aliphatic carbocycles. The molecule has 2 aromatic rings. The fourth-order valence-corrected chi connectivity index (χ4v) is 4.51. The predicted molar refractivity (Wildman–Crippen MR) is 152 cm³/mol. The Morgan fingerprint density at radius 1 is 1.05 bits per heavy atom. The lowest BCUT2D eigenvalue weighted by Crippen LogP contribution is -2.30. The maximum Gasteiger partial charge on any atom is 0.218 e. The second-order valence-corrected chi connectivity index (χ2v) is 11.5. The smallest absolute Gasteiger partial charge is 0.218 e. The van der Waals surface area contributed by atoms with Gasteiger partial charge in [0, 0.05) is 36.7 Å². The van der Waals surface area contributed by atoms with Crippen LogP contribution in [0.2, 0.25) is 0 Å². The SMILES string of the molecule is CON1C=C2NC=NC(Nc3ccc(OCc4ccccc4)cc3)=C2C=C1OCCCN(C)CCS(C)(=O)=O. The Bertz CT molecular complexity index is 1340. The van der Waals surface area contributed by atoms with Crippen LogP contribution in [0.3, 0.4) is 0 Å². The van der Waals surface area contributed by atoms with Crippen LogP contribution in [0.5, 0.6) is 5.75 Å². The molecule has 0 saturated carbocycles. The number of fused-ring (bicyclic) bond motifs is 1. The first kappa shape index (κ1) is 28.2. The van der Waals surface area contributed by atoms with E-state index in [0.29, 0.717) is 38.0 Å². The van der Waals surface area contributed by atoms with Gasteiger partial charge >= 0.3 is 0 Å². The summed E-state index contributed by atoms with van der Waals surface area (Å²) in [5.74, 6) is 2.11. The van der Waals surface area contributed by atoms with Gasteiger partial charge in [-0.2, -0.15) is 5.06 Å². The summed E-state index contributed by atoms with van der Waals surface area (Å²) in [6.07, 6.45) is 7.27. The summed E-state index contributed by atoms with van der Waals surface area (Å²) >= 11 is 0. The molecule has 0 fully saturated rings. The highest BCUT2D eigenvalue weighted by atomic mass is 32.2. The van der Waals surface area contributed by atoms with E-state index in [-0.39, 0.29) is 5.75 Å². The number of hydroxylamine groups is 2. The van der Waals surface area contributed by atoms with Crippen LogP contribution in [-0.4, -0.2) is 70.6 Å². The molecule has 2 N–H and O–H groups in total. The third-order valence-corrected chi connectivity index (χ3v) is 6.95. The van der Waals surface area contributed by atoms with Gasteiger partial charge < -0.3 is 25.0 Å². The van der Waals surface area contributed by atoms with Crippen molar-refractivity contribution in [2.24, 2.45) is 4.99 Å². The molecule has 0 bridgehead atoms. The van der Waals surface area contributed by atoms with Crippen LogP contribution in [0, 0.1) is 0 Å². The molecule has 0 aromatic heterocycles. The zero-order valence-corrected chi connectivity index (χ0v) is 23.3. The highest BCUT2D eigenvalue weighted by molar-refractivity contribution is 7.90. The number of ether oxygens (including phenoxy) is 2. The Kier molecular flexibility index (Phi) is 9.64. The Morgan fingerprint density at radius 2 is 1.82 bits per heavy atom. The van der Waals surface area contributed by atoms with E-state index in [2.05, 4.69) is 15.6 Å². The van der Waals surface area contributed by atoms with Gasteiger partial charge in [0.05, 0.1) is 37.7 Å². The van der Waals surface area contributed by atoms with E-state index in [1.165, 1.54) is 6.26 Å². The van der Waals surface area contributed by atoms with Gasteiger partial charge in [-0.1, -0.05) is 30.3 Å². The van der Waals surface area contributed by atoms with E-state index in [9.17, 15) is 8.42 Å². The second-order valence-electron chi connectivity index (χ2n) is 9.26. The van der Waals surface area contributed by atoms with Gasteiger partial charge in [-0.3, -0.25) is 4.84 Å². The summed E-state index contributed by atoms with van der Waals surface area (Å²) < 4.78 is 34.7. The van der Waals surface area contributed by atoms with Crippen molar-refractivity contribution >= 4 is 21.9 Å². The van der Waals surface area contributed by atoms with Gasteiger partial charge in [0.2, 0.25) is 5.88 Å². The molecule has 2 aliphatic rings. The van der Waals surface area contributed by atoms with Gasteiger partial charge in [0.1, 0.15) is 28.0 Å². The molecule has 208 valence electrons. The Balaban J connectivity index is 1.37. The number of allylic oxidation sites excluding steroid dienone is 1. The van der Waals surface area contributed by atoms with Gasteiger partial charge in [-0.05, 0) is 43.3 Å². The van der Waals surface area contributed by atoms with Crippen molar-refractivity contribution < 1.29 is 22.7 Å². The molecule has 2 aliphatic heterocycles. The first-order chi connectivity index (χ1) is 18.8. The van der Waals surface area contributed by atoms with Gasteiger partial charge in [0.25, 0.3) is 0 Å². The summed E-state index contributed by atoms with van der Waals surface area (Å²) in [6.45, 7) is 2.15. The van der Waals surface area contributed by atoms with E-state index in [4.69, 9.17) is 14.3 Å². The molecule has 39 heavy (non-hydrogen) atoms. The molecule has 2 heterocycles. The molecular weight excluding hydrogens is 518 g/mol. The van der Waals surface area contributed by atoms with Crippen molar-refractivity contribution in [1.82, 2.24) is 15.3 Å². The van der Waals surface area contributed by atoms with E-state index in [1.807, 2.05) is 72.6 Å². The van der Waals surface area contributed by atoms with Gasteiger partial charge in [-0.25, -0.2) is 13.4 Å². The Labute approximate surface area is 230 Å². The van der Waals surface area contributed by atoms with E-state index < -0.39 is 9.84 Å². The van der Waals surface area contributed by atoms with E-state index in [0.717, 1.165) is 34.7 Å². The van der Waals surface area contributed by atoms with E-state index >= 15 is 0 Å². The van der Waals surface area contributed by atoms with Crippen molar-refractivity contribution in [3.05, 3.63) is 95.4 Å². The number of nitrogens with zero attached hydrogens (tertiary/aromatic N) is 3. The summed E-state index contributed by atoms with van der Waals surface area (Å²) in [5, 5.41) is 8.07. The number of nitrogens with one attached hydrogen (secondary N) is 2. The molecule has 4 rings (SSSR count). The average Bonchev–Trinajstić information content (AvgIpc) is 2.94. The number of anilines is 1. The third kappa shape index (κ3) is 8.60. The molecule has 11 heteroatoms. The van der Waals surface area contributed by atoms with E-state index in [1.54, 1.807) is 24.7 Å². The van der Waals surface area contributed by atoms with Crippen LogP contribution >= 0.6 is 0 Å². The van der Waals surface area contributed by atoms with Crippen LogP contribution in [0.4, 0.5) is 5.69 Å². The second kappa shape index (κ2) is 13.3. The zero-order chi connectivity index (χ0) is 27.7. The Hall–Kier alpha value is -3.80. The fourth-order valence-electron chi connectivity index (χ4n) is 3.87. The topological polar surface area (TPSA) is 105 Å². The summed E-state index contributed by atoms with van der Waals surface area (Å²) in [4.78, 5) is 12.0. The lowest BCUT2D eigenvalue weighted by Gasteiger charge is -2.29. The maximum absolute atomic E-state index is 11.4. The zero-order valence-electron chi connectivity index (χ0n) is 22.5. The molecular formula is C28H35N5O5S. The molecule has 10 nitrogen and oxygen atoms in total. The molecule has 0 radical (unpaired) electrons. The number of hydrogen-bond acceptors (Lipinski definition) is 10. The van der Waals surface area contributed by atoms with Crippen LogP contribution in [0.1, 0.15) is 12.0 Å². The van der Waals surface area contributed by atoms with Crippen molar-refractivity contribution in [1.29, 1.82) is 0 Å². The summed E-state index contributed by atoms with van der Waals surface area (Å²) in [7, 11) is 0.491. The molecule has 2 aromatic carbocycles. The highest BCUT2D eigenvalue weighted by Crippen LogP contribution is 2.29. The normalized spacial score (nSPS) is 14.9. The number of sulfone groups is 1. The van der Waals surface area contributed by atoms with Crippen LogP contribution in [0.15, 0.2) is 94.8 Å². The van der Waals surface area contributed by atoms with Crippen molar-refractivity contribution in [3.8, 4) is 5.75 Å². The maximum atomic E-state index is 11.4. The fraction of sp³-hybridized carbons (Fsp3) is 0.321. The monoisotopic (exact) mass is 553 g/mol. The minimum atomic E-state index is -2.98. The van der Waals surface area contributed by atoms with Gasteiger partial charge in [-0.15, -0.1) is 0 Å². The molecule has 0 atom stereocenters. The number of rotatable bonds is 14. The van der Waals surface area contributed by atoms with Crippen molar-refractivity contribution in [2.45, 2.75) is 13.0 Å². The van der Waals surface area contributed by atoms with Crippen molar-refractivity contribution in [3.63, 3.8) is 0 Å². The lowest BCUT2D eigenvalue weighted by molar-refractivity contribution is -0.105. The molecule has 0 spiro atoms. The first-order valence-electron chi connectivity index (χ1n) is 12.6. The number of hydrogen-bond donors (Lipinski definition) is 2. The number of aliphatic imine (C=N–C) groups is 1. The lowest BCUT2D eigenvalue weighted by atomic mass is 10.1. The minimum absolute atomic E-state index is 0.140. The van der Waals surface area contributed by atoms with Crippen LogP contribution in [-0.2, 0) is 26.0 Å². The standard InChI is InChI=1S/C28H35N5O5S/c1-32(15-17-39(3,34)35)14-7-16-37-27-18-25-26(19-33(27)36-2)29-21-30-28(25)31-23-10-12-24(13-11-23)38-20-22-8-5-4-6-9-22/h4-6,8-13,18-19,21,31H,7,14-17,20H2,1-3H3,(H,29,30). The van der Waals surface area contributed by atoms with Crippen LogP contribution in [0.25, 0.3) is 0 Å². The first-order valence-corrected chi connectivity index (χ1v) is 14.7. The molecule has 0 unspecified atom stereocenters. The van der Waals surface area contributed by atoms with Crippen molar-refractivity contribution in [2.75, 3.05) is 51.2 Å². The third-order valence-electron chi connectivity index (χ3n) is 6.03. The van der Waals surface area contributed by atoms with Gasteiger partial charge in [0.15, 0.2) is 0 Å². The largest absolute Gasteiger partial charge is 0.489 e. The minimum Gasteiger partial charge on any atom is -0.489 e. The quantitative estimate of drug-likeness (QED) is 0.340. The highest BCUT2D eigenvalue weighted by Gasteiger charge is 2.23. The average molecular weight is 554 g/mol. The van der Waals surface area contributed by atoms with Crippen LogP contribution < -0.4 is 15.4 Å².